The molecule has 18 heavy (non-hydrogen) atoms. The first-order valence-corrected chi connectivity index (χ1v) is 5.40. The number of hydrogen-bond donors (Lipinski definition) is 2. The zero-order valence-electron chi connectivity index (χ0n) is 10.2. The van der Waals surface area contributed by atoms with Gasteiger partial charge in [0.25, 0.3) is 0 Å². The fraction of sp³-hybridized carbons (Fsp3) is 0.417. The maximum Gasteiger partial charge on any atom is 0.222 e. The van der Waals surface area contributed by atoms with Gasteiger partial charge in [0.15, 0.2) is 0 Å². The first-order chi connectivity index (χ1) is 7.90. The molecule has 6 heteroatoms. The van der Waals surface area contributed by atoms with Gasteiger partial charge in [-0.2, -0.15) is 0 Å². The van der Waals surface area contributed by atoms with Crippen molar-refractivity contribution >= 4 is 18.3 Å². The van der Waals surface area contributed by atoms with Crippen LogP contribution < -0.4 is 11.1 Å². The number of hydrogen-bond acceptors (Lipinski definition) is 2. The number of nitrogens with two attached hydrogens (primary N) is 1. The van der Waals surface area contributed by atoms with Crippen LogP contribution in [0.2, 0.25) is 0 Å². The van der Waals surface area contributed by atoms with Gasteiger partial charge in [-0.25, -0.2) is 8.78 Å². The molecule has 0 saturated carbocycles. The quantitative estimate of drug-likeness (QED) is 0.888. The summed E-state index contributed by atoms with van der Waals surface area (Å²) in [6.07, 6.45) is 0.174. The summed E-state index contributed by atoms with van der Waals surface area (Å²) in [4.78, 5) is 11.4. The average Bonchev–Trinajstić information content (AvgIpc) is 2.15. The van der Waals surface area contributed by atoms with Crippen LogP contribution in [0.15, 0.2) is 18.2 Å². The molecule has 1 rings (SSSR count). The van der Waals surface area contributed by atoms with Gasteiger partial charge < -0.3 is 11.1 Å². The van der Waals surface area contributed by atoms with Gasteiger partial charge in [-0.1, -0.05) is 6.07 Å². The van der Waals surface area contributed by atoms with E-state index in [1.54, 1.807) is 13.8 Å². The van der Waals surface area contributed by atoms with Crippen molar-refractivity contribution in [1.82, 2.24) is 5.32 Å². The van der Waals surface area contributed by atoms with E-state index in [1.807, 2.05) is 0 Å². The summed E-state index contributed by atoms with van der Waals surface area (Å²) in [5, 5.41) is 2.61. The summed E-state index contributed by atoms with van der Waals surface area (Å²) in [6.45, 7) is 3.35. The summed E-state index contributed by atoms with van der Waals surface area (Å²) >= 11 is 0. The van der Waals surface area contributed by atoms with Crippen molar-refractivity contribution in [1.29, 1.82) is 0 Å². The summed E-state index contributed by atoms with van der Waals surface area (Å²) in [7, 11) is 0. The minimum Gasteiger partial charge on any atom is -0.349 e. The molecule has 0 fully saturated rings. The van der Waals surface area contributed by atoms with Crippen LogP contribution in [0.5, 0.6) is 0 Å². The minimum atomic E-state index is -0.668. The van der Waals surface area contributed by atoms with Gasteiger partial charge in [-0.15, -0.1) is 12.4 Å². The van der Waals surface area contributed by atoms with Crippen molar-refractivity contribution in [3.05, 3.63) is 35.4 Å². The van der Waals surface area contributed by atoms with Crippen LogP contribution >= 0.6 is 12.4 Å². The predicted octanol–water partition coefficient (Wildman–Crippen LogP) is 2.30. The maximum absolute atomic E-state index is 13.4. The van der Waals surface area contributed by atoms with E-state index in [0.717, 1.165) is 12.1 Å². The van der Waals surface area contributed by atoms with Gasteiger partial charge in [-0.05, 0) is 19.9 Å². The number of benzene rings is 1. The van der Waals surface area contributed by atoms with Crippen molar-refractivity contribution in [2.24, 2.45) is 5.73 Å². The van der Waals surface area contributed by atoms with E-state index < -0.39 is 17.7 Å². The third-order valence-corrected chi connectivity index (χ3v) is 2.31. The summed E-state index contributed by atoms with van der Waals surface area (Å²) in [6, 6.07) is 2.51. The van der Waals surface area contributed by atoms with E-state index in [0.29, 0.717) is 0 Å². The second-order valence-corrected chi connectivity index (χ2v) is 4.14. The highest BCUT2D eigenvalue weighted by atomic mass is 35.5. The molecule has 0 aliphatic rings. The van der Waals surface area contributed by atoms with Crippen LogP contribution in [0.4, 0.5) is 8.78 Å². The lowest BCUT2D eigenvalue weighted by Gasteiger charge is -2.15. The average molecular weight is 279 g/mol. The number of carbonyl (C=O) groups excluding carboxylic acids is 1. The van der Waals surface area contributed by atoms with Crippen LogP contribution in [0, 0.1) is 11.6 Å². The van der Waals surface area contributed by atoms with E-state index in [4.69, 9.17) is 5.73 Å². The topological polar surface area (TPSA) is 55.1 Å². The van der Waals surface area contributed by atoms with Crippen molar-refractivity contribution in [3.8, 4) is 0 Å². The summed E-state index contributed by atoms with van der Waals surface area (Å²) < 4.78 is 26.1. The van der Waals surface area contributed by atoms with Gasteiger partial charge in [-0.3, -0.25) is 4.79 Å². The lowest BCUT2D eigenvalue weighted by molar-refractivity contribution is -0.122. The lowest BCUT2D eigenvalue weighted by Crippen LogP contribution is -2.32. The van der Waals surface area contributed by atoms with Crippen molar-refractivity contribution < 1.29 is 13.6 Å². The molecule has 1 amide bonds. The Bertz CT molecular complexity index is 413. The standard InChI is InChI=1S/C12H16F2N2O.ClH/c1-7(15)5-12(17)16-8(2)10-4-3-9(13)6-11(10)14;/h3-4,6-8H,5,15H2,1-2H3,(H,16,17);1H. The lowest BCUT2D eigenvalue weighted by atomic mass is 10.1. The zero-order valence-corrected chi connectivity index (χ0v) is 11.1. The van der Waals surface area contributed by atoms with E-state index in [-0.39, 0.29) is 36.3 Å². The van der Waals surface area contributed by atoms with E-state index in [9.17, 15) is 13.6 Å². The van der Waals surface area contributed by atoms with Gasteiger partial charge in [0.2, 0.25) is 5.91 Å². The Labute approximate surface area is 111 Å². The SMILES string of the molecule is CC(N)CC(=O)NC(C)c1ccc(F)cc1F.Cl. The van der Waals surface area contributed by atoms with Crippen molar-refractivity contribution in [2.75, 3.05) is 0 Å². The number of halogens is 3. The molecular formula is C12H17ClF2N2O. The molecule has 0 aromatic heterocycles. The second-order valence-electron chi connectivity index (χ2n) is 4.14. The Morgan fingerprint density at radius 3 is 2.50 bits per heavy atom. The largest absolute Gasteiger partial charge is 0.349 e. The van der Waals surface area contributed by atoms with Gasteiger partial charge in [0.1, 0.15) is 11.6 Å². The second kappa shape index (κ2) is 7.28. The summed E-state index contributed by atoms with van der Waals surface area (Å²) in [5.74, 6) is -1.56. The summed E-state index contributed by atoms with van der Waals surface area (Å²) in [5.41, 5.74) is 5.73. The fourth-order valence-corrected chi connectivity index (χ4v) is 1.52. The molecular weight excluding hydrogens is 262 g/mol. The molecule has 0 heterocycles. The predicted molar refractivity (Wildman–Crippen MR) is 68.4 cm³/mol. The molecule has 0 saturated heterocycles. The normalized spacial score (nSPS) is 13.4. The molecule has 0 radical (unpaired) electrons. The van der Waals surface area contributed by atoms with Crippen LogP contribution in [-0.4, -0.2) is 11.9 Å². The van der Waals surface area contributed by atoms with Crippen LogP contribution in [0.25, 0.3) is 0 Å². The molecule has 0 spiro atoms. The molecule has 0 bridgehead atoms. The molecule has 2 unspecified atom stereocenters. The molecule has 1 aromatic carbocycles. The molecule has 3 N–H and O–H groups in total. The first-order valence-electron chi connectivity index (χ1n) is 5.40. The monoisotopic (exact) mass is 278 g/mol. The van der Waals surface area contributed by atoms with E-state index >= 15 is 0 Å². The molecule has 0 aliphatic carbocycles. The van der Waals surface area contributed by atoms with Crippen LogP contribution in [0.3, 0.4) is 0 Å². The smallest absolute Gasteiger partial charge is 0.222 e. The molecule has 0 aliphatic heterocycles. The Morgan fingerprint density at radius 2 is 2.00 bits per heavy atom. The molecule has 1 aromatic rings. The molecule has 2 atom stereocenters. The highest BCUT2D eigenvalue weighted by molar-refractivity contribution is 5.85. The highest BCUT2D eigenvalue weighted by Crippen LogP contribution is 2.17. The van der Waals surface area contributed by atoms with Gasteiger partial charge in [0, 0.05) is 24.1 Å². The Balaban J connectivity index is 0.00000289. The minimum absolute atomic E-state index is 0. The number of carbonyl (C=O) groups is 1. The fourth-order valence-electron chi connectivity index (χ4n) is 1.52. The Kier molecular flexibility index (Phi) is 6.80. The van der Waals surface area contributed by atoms with Crippen LogP contribution in [0.1, 0.15) is 31.9 Å². The number of amides is 1. The van der Waals surface area contributed by atoms with Gasteiger partial charge in [0.05, 0.1) is 6.04 Å². The van der Waals surface area contributed by atoms with Crippen molar-refractivity contribution in [2.45, 2.75) is 32.4 Å². The third kappa shape index (κ3) is 4.98. The highest BCUT2D eigenvalue weighted by Gasteiger charge is 2.14. The Hall–Kier alpha value is -1.20. The number of nitrogens with one attached hydrogen (secondary N) is 1. The van der Waals surface area contributed by atoms with Crippen LogP contribution in [-0.2, 0) is 4.79 Å². The Morgan fingerprint density at radius 1 is 1.39 bits per heavy atom. The van der Waals surface area contributed by atoms with E-state index in [2.05, 4.69) is 5.32 Å². The number of rotatable bonds is 4. The zero-order chi connectivity index (χ0) is 13.0. The maximum atomic E-state index is 13.4. The van der Waals surface area contributed by atoms with Gasteiger partial charge >= 0.3 is 0 Å². The van der Waals surface area contributed by atoms with E-state index in [1.165, 1.54) is 6.07 Å². The molecule has 3 nitrogen and oxygen atoms in total. The molecule has 102 valence electrons. The third-order valence-electron chi connectivity index (χ3n) is 2.31. The first kappa shape index (κ1) is 16.8. The van der Waals surface area contributed by atoms with Crippen molar-refractivity contribution in [3.63, 3.8) is 0 Å².